The molecule has 0 fully saturated rings. The van der Waals surface area contributed by atoms with Gasteiger partial charge in [-0.1, -0.05) is 41.9 Å². The maximum atomic E-state index is 13.7. The zero-order valence-corrected chi connectivity index (χ0v) is 21.6. The Balaban J connectivity index is 1.28. The van der Waals surface area contributed by atoms with E-state index in [4.69, 9.17) is 21.4 Å². The van der Waals surface area contributed by atoms with Crippen LogP contribution in [0.15, 0.2) is 72.8 Å². The maximum absolute atomic E-state index is 13.7. The smallest absolute Gasteiger partial charge is 0.323 e. The number of carbonyl (C=O) groups excluding carboxylic acids is 2. The molecular formula is C28H28ClFN4O5. The summed E-state index contributed by atoms with van der Waals surface area (Å²) < 4.78 is 19.1. The van der Waals surface area contributed by atoms with Crippen molar-refractivity contribution in [2.45, 2.75) is 12.5 Å². The van der Waals surface area contributed by atoms with Gasteiger partial charge in [-0.25, -0.2) is 14.0 Å². The summed E-state index contributed by atoms with van der Waals surface area (Å²) in [5.74, 6) is -0.111. The van der Waals surface area contributed by atoms with Crippen molar-refractivity contribution in [3.05, 3.63) is 89.2 Å². The molecule has 0 bridgehead atoms. The van der Waals surface area contributed by atoms with Crippen LogP contribution in [0.25, 0.3) is 5.57 Å². The normalized spacial score (nSPS) is 13.7. The molecule has 0 radical (unpaired) electrons. The zero-order valence-electron chi connectivity index (χ0n) is 20.9. The number of benzene rings is 3. The van der Waals surface area contributed by atoms with Gasteiger partial charge in [0.25, 0.3) is 0 Å². The molecule has 1 unspecified atom stereocenters. The highest BCUT2D eigenvalue weighted by atomic mass is 35.5. The highest BCUT2D eigenvalue weighted by Gasteiger charge is 2.19. The Morgan fingerprint density at radius 3 is 2.46 bits per heavy atom. The molecule has 0 saturated heterocycles. The second-order valence-corrected chi connectivity index (χ2v) is 9.19. The Bertz CT molecular complexity index is 1350. The van der Waals surface area contributed by atoms with Crippen molar-refractivity contribution in [2.75, 3.05) is 42.3 Å². The van der Waals surface area contributed by atoms with Gasteiger partial charge in [0.15, 0.2) is 0 Å². The van der Waals surface area contributed by atoms with Gasteiger partial charge in [-0.05, 0) is 54.0 Å². The van der Waals surface area contributed by atoms with Crippen LogP contribution in [0.2, 0.25) is 5.02 Å². The Morgan fingerprint density at radius 1 is 1.03 bits per heavy atom. The monoisotopic (exact) mass is 554 g/mol. The molecule has 1 aliphatic heterocycles. The topological polar surface area (TPSA) is 123 Å². The minimum atomic E-state index is -0.992. The van der Waals surface area contributed by atoms with Crippen LogP contribution in [0.3, 0.4) is 0 Å². The number of ether oxygens (including phenoxy) is 1. The van der Waals surface area contributed by atoms with Gasteiger partial charge in [-0.15, -0.1) is 0 Å². The maximum Gasteiger partial charge on any atom is 0.323 e. The molecule has 5 N–H and O–H groups in total. The van der Waals surface area contributed by atoms with E-state index in [0.29, 0.717) is 36.6 Å². The van der Waals surface area contributed by atoms with Crippen LogP contribution >= 0.6 is 11.6 Å². The fraction of sp³-hybridized carbons (Fsp3) is 0.214. The summed E-state index contributed by atoms with van der Waals surface area (Å²) in [6, 6.07) is 17.1. The third-order valence-electron chi connectivity index (χ3n) is 5.97. The van der Waals surface area contributed by atoms with Crippen molar-refractivity contribution in [3.63, 3.8) is 0 Å². The third kappa shape index (κ3) is 7.70. The lowest BCUT2D eigenvalue weighted by Crippen LogP contribution is -2.37. The summed E-state index contributed by atoms with van der Waals surface area (Å²) in [7, 11) is 0. The van der Waals surface area contributed by atoms with Gasteiger partial charge in [0.1, 0.15) is 24.3 Å². The Labute approximate surface area is 229 Å². The summed E-state index contributed by atoms with van der Waals surface area (Å²) in [4.78, 5) is 26.6. The number of carbonyl (C=O) groups is 2. The molecule has 9 nitrogen and oxygen atoms in total. The minimum Gasteiger partial charge on any atom is -0.491 e. The number of halogens is 2. The second kappa shape index (κ2) is 13.1. The lowest BCUT2D eigenvalue weighted by Gasteiger charge is -2.27. The van der Waals surface area contributed by atoms with Gasteiger partial charge < -0.3 is 35.8 Å². The van der Waals surface area contributed by atoms with E-state index in [-0.39, 0.29) is 23.3 Å². The number of rotatable bonds is 8. The van der Waals surface area contributed by atoms with Crippen molar-refractivity contribution in [1.82, 2.24) is 4.90 Å². The van der Waals surface area contributed by atoms with E-state index in [9.17, 15) is 19.1 Å². The van der Waals surface area contributed by atoms with Crippen molar-refractivity contribution < 1.29 is 28.9 Å². The molecule has 39 heavy (non-hydrogen) atoms. The van der Waals surface area contributed by atoms with Crippen LogP contribution in [0.1, 0.15) is 12.0 Å². The van der Waals surface area contributed by atoms with E-state index < -0.39 is 24.6 Å². The standard InChI is InChI=1S/C28H28ClFN4O5/c29-23-15-22(39-17-21(36)16-35)9-10-25(23)33-28(38)34-13-11-19(12-14-34)18-5-7-20(8-6-18)31-27(37)32-26-4-2-1-3-24(26)30/h1-11,15,21,35-36H,12-14,16-17H2,(H,33,38)(H2,31,32,37). The molecule has 4 rings (SSSR count). The first kappa shape index (κ1) is 27.9. The largest absolute Gasteiger partial charge is 0.491 e. The number of anilines is 3. The van der Waals surface area contributed by atoms with Crippen LogP contribution in [-0.2, 0) is 0 Å². The van der Waals surface area contributed by atoms with Crippen LogP contribution in [0, 0.1) is 5.82 Å². The molecule has 204 valence electrons. The van der Waals surface area contributed by atoms with E-state index in [2.05, 4.69) is 16.0 Å². The molecular weight excluding hydrogens is 527 g/mol. The van der Waals surface area contributed by atoms with Crippen molar-refractivity contribution in [3.8, 4) is 5.75 Å². The number of urea groups is 2. The van der Waals surface area contributed by atoms with Gasteiger partial charge >= 0.3 is 12.1 Å². The summed E-state index contributed by atoms with van der Waals surface area (Å²) in [6.45, 7) is 0.420. The number of hydrogen-bond acceptors (Lipinski definition) is 5. The average molecular weight is 555 g/mol. The summed E-state index contributed by atoms with van der Waals surface area (Å²) in [5.41, 5.74) is 3.12. The molecule has 1 atom stereocenters. The number of amides is 4. The number of nitrogens with one attached hydrogen (secondary N) is 3. The van der Waals surface area contributed by atoms with Crippen molar-refractivity contribution >= 4 is 46.3 Å². The van der Waals surface area contributed by atoms with Crippen LogP contribution in [0.4, 0.5) is 31.0 Å². The first-order valence-electron chi connectivity index (χ1n) is 12.2. The fourth-order valence-electron chi connectivity index (χ4n) is 3.86. The molecule has 3 aromatic carbocycles. The van der Waals surface area contributed by atoms with Crippen LogP contribution < -0.4 is 20.7 Å². The number of aliphatic hydroxyl groups is 2. The summed E-state index contributed by atoms with van der Waals surface area (Å²) in [5, 5.41) is 26.5. The quantitative estimate of drug-likeness (QED) is 0.263. The molecule has 0 saturated carbocycles. The van der Waals surface area contributed by atoms with Crippen LogP contribution in [0.5, 0.6) is 5.75 Å². The van der Waals surface area contributed by atoms with Crippen LogP contribution in [-0.4, -0.2) is 59.6 Å². The average Bonchev–Trinajstić information content (AvgIpc) is 2.94. The third-order valence-corrected chi connectivity index (χ3v) is 6.28. The lowest BCUT2D eigenvalue weighted by atomic mass is 9.99. The number of aliphatic hydroxyl groups excluding tert-OH is 2. The highest BCUT2D eigenvalue weighted by molar-refractivity contribution is 6.33. The predicted molar refractivity (Wildman–Crippen MR) is 149 cm³/mol. The summed E-state index contributed by atoms with van der Waals surface area (Å²) in [6.07, 6.45) is 1.62. The molecule has 0 aliphatic carbocycles. The Morgan fingerprint density at radius 2 is 1.79 bits per heavy atom. The van der Waals surface area contributed by atoms with Crippen molar-refractivity contribution in [2.24, 2.45) is 0 Å². The van der Waals surface area contributed by atoms with Gasteiger partial charge in [0, 0.05) is 24.8 Å². The molecule has 11 heteroatoms. The lowest BCUT2D eigenvalue weighted by molar-refractivity contribution is 0.0536. The number of para-hydroxylation sites is 1. The minimum absolute atomic E-state index is 0.0783. The molecule has 3 aromatic rings. The highest BCUT2D eigenvalue weighted by Crippen LogP contribution is 2.28. The van der Waals surface area contributed by atoms with E-state index in [0.717, 1.165) is 11.1 Å². The van der Waals surface area contributed by atoms with Gasteiger partial charge in [-0.3, -0.25) is 0 Å². The number of hydrogen-bond donors (Lipinski definition) is 5. The fourth-order valence-corrected chi connectivity index (χ4v) is 4.07. The van der Waals surface area contributed by atoms with E-state index in [1.165, 1.54) is 18.2 Å². The Kier molecular flexibility index (Phi) is 9.37. The van der Waals surface area contributed by atoms with Gasteiger partial charge in [0.2, 0.25) is 0 Å². The second-order valence-electron chi connectivity index (χ2n) is 8.78. The van der Waals surface area contributed by atoms with Gasteiger partial charge in [0.05, 0.1) is 23.0 Å². The number of nitrogens with zero attached hydrogens (tertiary/aromatic N) is 1. The van der Waals surface area contributed by atoms with Gasteiger partial charge in [-0.2, -0.15) is 0 Å². The molecule has 4 amide bonds. The predicted octanol–water partition coefficient (Wildman–Crippen LogP) is 5.18. The first-order chi connectivity index (χ1) is 18.8. The summed E-state index contributed by atoms with van der Waals surface area (Å²) >= 11 is 6.27. The molecule has 0 aromatic heterocycles. The van der Waals surface area contributed by atoms with E-state index in [1.54, 1.807) is 41.3 Å². The SMILES string of the molecule is O=C(Nc1ccc(C2=CCN(C(=O)Nc3ccc(OCC(O)CO)cc3Cl)CC2)cc1)Nc1ccccc1F. The first-order valence-corrected chi connectivity index (χ1v) is 12.6. The van der Waals surface area contributed by atoms with E-state index >= 15 is 0 Å². The zero-order chi connectivity index (χ0) is 27.8. The molecule has 1 aliphatic rings. The van der Waals surface area contributed by atoms with E-state index in [1.807, 2.05) is 18.2 Å². The van der Waals surface area contributed by atoms with Crippen molar-refractivity contribution in [1.29, 1.82) is 0 Å². The Hall–Kier alpha value is -4.12. The molecule has 0 spiro atoms. The molecule has 1 heterocycles.